The first-order valence-electron chi connectivity index (χ1n) is 8.78. The van der Waals surface area contributed by atoms with Crippen LogP contribution in [0.3, 0.4) is 0 Å². The van der Waals surface area contributed by atoms with E-state index in [9.17, 15) is 4.79 Å². The molecule has 0 bridgehead atoms. The van der Waals surface area contributed by atoms with Crippen molar-refractivity contribution in [2.24, 2.45) is 5.10 Å². The predicted molar refractivity (Wildman–Crippen MR) is 107 cm³/mol. The van der Waals surface area contributed by atoms with E-state index in [4.69, 9.17) is 0 Å². The van der Waals surface area contributed by atoms with Gasteiger partial charge in [-0.3, -0.25) is 4.79 Å². The number of carbonyl (C=O) groups is 1. The van der Waals surface area contributed by atoms with E-state index in [2.05, 4.69) is 50.5 Å². The van der Waals surface area contributed by atoms with Crippen molar-refractivity contribution in [3.63, 3.8) is 0 Å². The van der Waals surface area contributed by atoms with Crippen molar-refractivity contribution in [3.05, 3.63) is 72.1 Å². The Morgan fingerprint density at radius 3 is 3.04 bits per heavy atom. The van der Waals surface area contributed by atoms with Crippen LogP contribution in [-0.2, 0) is 11.3 Å². The average molecular weight is 357 g/mol. The average Bonchev–Trinajstić information content (AvgIpc) is 3.02. The number of para-hydroxylation sites is 1. The fraction of sp³-hybridized carbons (Fsp3) is 0.143. The lowest BCUT2D eigenvalue weighted by Crippen LogP contribution is -2.19. The van der Waals surface area contributed by atoms with Crippen molar-refractivity contribution < 1.29 is 4.79 Å². The van der Waals surface area contributed by atoms with Gasteiger partial charge in [-0.15, -0.1) is 0 Å². The molecule has 1 amide bonds. The molecule has 4 rings (SSSR count). The molecule has 6 nitrogen and oxygen atoms in total. The molecule has 1 N–H and O–H groups in total. The molecule has 0 aliphatic carbocycles. The van der Waals surface area contributed by atoms with E-state index < -0.39 is 0 Å². The molecular formula is C21H19N5O. The summed E-state index contributed by atoms with van der Waals surface area (Å²) in [6.07, 6.45) is 5.73. The minimum absolute atomic E-state index is 0.117. The van der Waals surface area contributed by atoms with E-state index >= 15 is 0 Å². The van der Waals surface area contributed by atoms with Crippen molar-refractivity contribution >= 4 is 33.9 Å². The van der Waals surface area contributed by atoms with E-state index in [-0.39, 0.29) is 5.91 Å². The van der Waals surface area contributed by atoms with Gasteiger partial charge < -0.3 is 4.57 Å². The second kappa shape index (κ2) is 7.37. The smallest absolute Gasteiger partial charge is 0.241 e. The fourth-order valence-corrected chi connectivity index (χ4v) is 3.16. The van der Waals surface area contributed by atoms with E-state index in [0.29, 0.717) is 13.0 Å². The zero-order valence-corrected chi connectivity index (χ0v) is 15.0. The minimum Gasteiger partial charge on any atom is -0.347 e. The van der Waals surface area contributed by atoms with Crippen LogP contribution in [0.5, 0.6) is 0 Å². The molecule has 0 atom stereocenters. The van der Waals surface area contributed by atoms with Crippen molar-refractivity contribution in [2.45, 2.75) is 19.9 Å². The molecule has 2 aromatic carbocycles. The molecule has 2 aromatic heterocycles. The molecule has 0 radical (unpaired) electrons. The van der Waals surface area contributed by atoms with Crippen LogP contribution in [0.1, 0.15) is 17.5 Å². The molecule has 0 saturated heterocycles. The van der Waals surface area contributed by atoms with E-state index in [1.165, 1.54) is 10.9 Å². The van der Waals surface area contributed by atoms with Crippen LogP contribution >= 0.6 is 0 Å². The van der Waals surface area contributed by atoms with E-state index in [1.54, 1.807) is 12.4 Å². The van der Waals surface area contributed by atoms with Gasteiger partial charge in [0.1, 0.15) is 0 Å². The first-order valence-corrected chi connectivity index (χ1v) is 8.78. The summed E-state index contributed by atoms with van der Waals surface area (Å²) in [4.78, 5) is 12.1. The van der Waals surface area contributed by atoms with Gasteiger partial charge in [-0.25, -0.2) is 5.43 Å². The van der Waals surface area contributed by atoms with Gasteiger partial charge in [0, 0.05) is 35.5 Å². The third kappa shape index (κ3) is 3.69. The maximum absolute atomic E-state index is 12.1. The van der Waals surface area contributed by atoms with Crippen LogP contribution in [0.25, 0.3) is 21.8 Å². The van der Waals surface area contributed by atoms with Crippen molar-refractivity contribution in [1.29, 1.82) is 0 Å². The largest absolute Gasteiger partial charge is 0.347 e. The van der Waals surface area contributed by atoms with E-state index in [1.807, 2.05) is 36.4 Å². The number of aromatic nitrogens is 3. The molecule has 0 saturated carbocycles. The topological polar surface area (TPSA) is 72.2 Å². The summed E-state index contributed by atoms with van der Waals surface area (Å²) in [5.41, 5.74) is 6.67. The molecule has 0 fully saturated rings. The number of hydrazone groups is 1. The summed E-state index contributed by atoms with van der Waals surface area (Å²) >= 11 is 0. The van der Waals surface area contributed by atoms with Gasteiger partial charge in [-0.1, -0.05) is 24.3 Å². The van der Waals surface area contributed by atoms with Gasteiger partial charge >= 0.3 is 0 Å². The molecule has 0 spiro atoms. The second-order valence-corrected chi connectivity index (χ2v) is 6.42. The Balaban J connectivity index is 1.36. The predicted octanol–water partition coefficient (Wildman–Crippen LogP) is 3.43. The van der Waals surface area contributed by atoms with Crippen LogP contribution < -0.4 is 5.43 Å². The number of fused-ring (bicyclic) bond motifs is 2. The molecule has 0 unspecified atom stereocenters. The molecule has 2 heterocycles. The summed E-state index contributed by atoms with van der Waals surface area (Å²) in [6, 6.07) is 15.8. The third-order valence-corrected chi connectivity index (χ3v) is 4.51. The summed E-state index contributed by atoms with van der Waals surface area (Å²) in [5, 5.41) is 14.2. The zero-order valence-electron chi connectivity index (χ0n) is 15.0. The summed E-state index contributed by atoms with van der Waals surface area (Å²) in [7, 11) is 0. The Morgan fingerprint density at radius 2 is 2.11 bits per heavy atom. The maximum atomic E-state index is 12.1. The molecule has 0 aliphatic rings. The second-order valence-electron chi connectivity index (χ2n) is 6.42. The van der Waals surface area contributed by atoms with Crippen LogP contribution in [0, 0.1) is 6.92 Å². The number of nitrogens with zero attached hydrogens (tertiary/aromatic N) is 4. The van der Waals surface area contributed by atoms with Crippen molar-refractivity contribution in [2.75, 3.05) is 0 Å². The Hall–Kier alpha value is -3.54. The molecule has 134 valence electrons. The van der Waals surface area contributed by atoms with Crippen LogP contribution in [0.2, 0.25) is 0 Å². The quantitative estimate of drug-likeness (QED) is 0.439. The van der Waals surface area contributed by atoms with E-state index in [0.717, 1.165) is 22.0 Å². The third-order valence-electron chi connectivity index (χ3n) is 4.51. The Morgan fingerprint density at radius 1 is 1.22 bits per heavy atom. The van der Waals surface area contributed by atoms with Gasteiger partial charge in [0.2, 0.25) is 5.91 Å². The normalized spacial score (nSPS) is 11.4. The minimum atomic E-state index is -0.117. The summed E-state index contributed by atoms with van der Waals surface area (Å²) in [6.45, 7) is 2.70. The lowest BCUT2D eigenvalue weighted by atomic mass is 10.1. The van der Waals surface area contributed by atoms with Crippen LogP contribution in [0.15, 0.2) is 66.0 Å². The number of benzene rings is 2. The lowest BCUT2D eigenvalue weighted by molar-refractivity contribution is -0.121. The number of hydrogen-bond acceptors (Lipinski definition) is 4. The van der Waals surface area contributed by atoms with Crippen LogP contribution in [0.4, 0.5) is 0 Å². The Kier molecular flexibility index (Phi) is 4.61. The fourth-order valence-electron chi connectivity index (χ4n) is 3.16. The number of carbonyl (C=O) groups excluding carboxylic acids is 1. The van der Waals surface area contributed by atoms with Gasteiger partial charge in [0.25, 0.3) is 0 Å². The highest BCUT2D eigenvalue weighted by Gasteiger charge is 2.06. The number of nitrogens with one attached hydrogen (secondary N) is 1. The van der Waals surface area contributed by atoms with Crippen LogP contribution in [-0.4, -0.2) is 26.9 Å². The standard InChI is InChI=1S/C21H19N5O/c1-15-14-26(20-5-3-2-4-18(15)20)11-9-21(27)25-23-13-16-6-7-19-17(12-16)8-10-22-24-19/h2-8,10,12-14H,9,11H2,1H3,(H,25,27). The Bertz CT molecular complexity index is 1150. The molecule has 27 heavy (non-hydrogen) atoms. The first-order chi connectivity index (χ1) is 13.2. The number of rotatable bonds is 5. The number of amides is 1. The summed E-state index contributed by atoms with van der Waals surface area (Å²) in [5.74, 6) is -0.117. The van der Waals surface area contributed by atoms with Gasteiger partial charge in [-0.2, -0.15) is 15.3 Å². The van der Waals surface area contributed by atoms with Gasteiger partial charge in [0.05, 0.1) is 17.9 Å². The Labute approximate surface area is 156 Å². The first kappa shape index (κ1) is 16.9. The number of aryl methyl sites for hydroxylation is 2. The van der Waals surface area contributed by atoms with Gasteiger partial charge in [-0.05, 0) is 42.3 Å². The number of hydrogen-bond donors (Lipinski definition) is 1. The molecule has 0 aliphatic heterocycles. The maximum Gasteiger partial charge on any atom is 0.241 e. The SMILES string of the molecule is Cc1cn(CCC(=O)NN=Cc2ccc3nnccc3c2)c2ccccc12. The monoisotopic (exact) mass is 357 g/mol. The molecule has 6 heteroatoms. The zero-order chi connectivity index (χ0) is 18.6. The molecular weight excluding hydrogens is 338 g/mol. The molecule has 4 aromatic rings. The highest BCUT2D eigenvalue weighted by molar-refractivity contribution is 5.89. The van der Waals surface area contributed by atoms with Crippen molar-refractivity contribution in [3.8, 4) is 0 Å². The van der Waals surface area contributed by atoms with Crippen molar-refractivity contribution in [1.82, 2.24) is 20.2 Å². The highest BCUT2D eigenvalue weighted by Crippen LogP contribution is 2.20. The lowest BCUT2D eigenvalue weighted by Gasteiger charge is -2.04. The highest BCUT2D eigenvalue weighted by atomic mass is 16.2. The van der Waals surface area contributed by atoms with Gasteiger partial charge in [0.15, 0.2) is 0 Å². The summed E-state index contributed by atoms with van der Waals surface area (Å²) < 4.78 is 2.11.